The van der Waals surface area contributed by atoms with Gasteiger partial charge in [-0.2, -0.15) is 5.10 Å². The monoisotopic (exact) mass is 287 g/mol. The topological polar surface area (TPSA) is 73.2 Å². The normalized spacial score (nSPS) is 10.2. The molecule has 1 aromatic heterocycles. The van der Waals surface area contributed by atoms with Crippen molar-refractivity contribution in [2.45, 2.75) is 13.5 Å². The number of benzene rings is 1. The number of rotatable bonds is 5. The molecule has 0 radical (unpaired) electrons. The zero-order valence-electron chi connectivity index (χ0n) is 12.0. The Morgan fingerprint density at radius 2 is 1.95 bits per heavy atom. The third-order valence-corrected chi connectivity index (χ3v) is 2.93. The predicted molar refractivity (Wildman–Crippen MR) is 77.1 cm³/mol. The Morgan fingerprint density at radius 3 is 2.57 bits per heavy atom. The van der Waals surface area contributed by atoms with Gasteiger partial charge in [0.1, 0.15) is 0 Å². The average Bonchev–Trinajstić information content (AvgIpc) is 2.96. The van der Waals surface area contributed by atoms with Crippen LogP contribution in [0.3, 0.4) is 0 Å². The van der Waals surface area contributed by atoms with Crippen LogP contribution in [0.4, 0.5) is 0 Å². The van der Waals surface area contributed by atoms with E-state index in [0.29, 0.717) is 24.3 Å². The van der Waals surface area contributed by atoms with Crippen molar-refractivity contribution >= 4 is 11.9 Å². The molecule has 0 aliphatic heterocycles. The van der Waals surface area contributed by atoms with Crippen LogP contribution < -0.4 is 5.32 Å². The highest BCUT2D eigenvalue weighted by molar-refractivity contribution is 5.93. The van der Waals surface area contributed by atoms with Gasteiger partial charge in [-0.1, -0.05) is 12.1 Å². The van der Waals surface area contributed by atoms with Crippen LogP contribution >= 0.6 is 0 Å². The quantitative estimate of drug-likeness (QED) is 0.845. The molecule has 110 valence electrons. The molecule has 1 N–H and O–H groups in total. The van der Waals surface area contributed by atoms with Gasteiger partial charge in [-0.25, -0.2) is 4.79 Å². The summed E-state index contributed by atoms with van der Waals surface area (Å²) in [4.78, 5) is 23.0. The molecule has 0 spiro atoms. The van der Waals surface area contributed by atoms with E-state index in [4.69, 9.17) is 4.74 Å². The number of hydrogen-bond donors (Lipinski definition) is 1. The van der Waals surface area contributed by atoms with Gasteiger partial charge < -0.3 is 10.1 Å². The molecular weight excluding hydrogens is 270 g/mol. The number of hydrogen-bond acceptors (Lipinski definition) is 4. The lowest BCUT2D eigenvalue weighted by Gasteiger charge is -2.04. The summed E-state index contributed by atoms with van der Waals surface area (Å²) in [6.45, 7) is 2.62. The molecule has 21 heavy (non-hydrogen) atoms. The summed E-state index contributed by atoms with van der Waals surface area (Å²) in [5, 5.41) is 6.70. The predicted octanol–water partition coefficient (Wildman–Crippen LogP) is 1.47. The molecule has 6 heteroatoms. The lowest BCUT2D eigenvalue weighted by molar-refractivity contribution is 0.0526. The number of nitrogens with zero attached hydrogens (tertiary/aromatic N) is 2. The van der Waals surface area contributed by atoms with E-state index in [2.05, 4.69) is 10.4 Å². The first-order valence-corrected chi connectivity index (χ1v) is 6.64. The van der Waals surface area contributed by atoms with E-state index in [-0.39, 0.29) is 11.9 Å². The molecule has 0 fully saturated rings. The third-order valence-electron chi connectivity index (χ3n) is 2.93. The summed E-state index contributed by atoms with van der Waals surface area (Å²) in [6.07, 6.45) is 3.13. The van der Waals surface area contributed by atoms with Crippen molar-refractivity contribution in [1.29, 1.82) is 0 Å². The van der Waals surface area contributed by atoms with E-state index in [1.165, 1.54) is 6.20 Å². The first-order valence-electron chi connectivity index (χ1n) is 6.64. The van der Waals surface area contributed by atoms with Crippen LogP contribution in [0.5, 0.6) is 0 Å². The van der Waals surface area contributed by atoms with E-state index in [0.717, 1.165) is 5.56 Å². The standard InChI is InChI=1S/C15H17N3O3/c1-3-21-15(20)13-8-17-18(10-13)9-11-4-6-12(7-5-11)14(19)16-2/h4-8,10H,3,9H2,1-2H3,(H,16,19). The van der Waals surface area contributed by atoms with E-state index in [9.17, 15) is 9.59 Å². The second-order valence-corrected chi connectivity index (χ2v) is 4.42. The number of ether oxygens (including phenoxy) is 1. The van der Waals surface area contributed by atoms with Gasteiger partial charge in [0.05, 0.1) is 24.9 Å². The SMILES string of the molecule is CCOC(=O)c1cnn(Cc2ccc(C(=O)NC)cc2)c1. The number of carbonyl (C=O) groups excluding carboxylic acids is 2. The number of aromatic nitrogens is 2. The molecular formula is C15H17N3O3. The van der Waals surface area contributed by atoms with Crippen LogP contribution in [0.1, 0.15) is 33.2 Å². The first kappa shape index (κ1) is 14.8. The number of amides is 1. The van der Waals surface area contributed by atoms with Crippen molar-refractivity contribution in [3.8, 4) is 0 Å². The van der Waals surface area contributed by atoms with Gasteiger partial charge in [0.25, 0.3) is 5.91 Å². The zero-order valence-corrected chi connectivity index (χ0v) is 12.0. The number of nitrogens with one attached hydrogen (secondary N) is 1. The lowest BCUT2D eigenvalue weighted by atomic mass is 10.1. The van der Waals surface area contributed by atoms with Gasteiger partial charge in [0, 0.05) is 18.8 Å². The largest absolute Gasteiger partial charge is 0.462 e. The van der Waals surface area contributed by atoms with Gasteiger partial charge in [0.2, 0.25) is 0 Å². The van der Waals surface area contributed by atoms with Crippen LogP contribution in [-0.4, -0.2) is 35.3 Å². The van der Waals surface area contributed by atoms with Gasteiger partial charge >= 0.3 is 5.97 Å². The Kier molecular flexibility index (Phi) is 4.71. The molecule has 6 nitrogen and oxygen atoms in total. The molecule has 0 unspecified atom stereocenters. The fourth-order valence-electron chi connectivity index (χ4n) is 1.86. The van der Waals surface area contributed by atoms with Crippen LogP contribution in [0.2, 0.25) is 0 Å². The lowest BCUT2D eigenvalue weighted by Crippen LogP contribution is -2.17. The second kappa shape index (κ2) is 6.69. The highest BCUT2D eigenvalue weighted by Gasteiger charge is 2.09. The van der Waals surface area contributed by atoms with Crippen molar-refractivity contribution in [2.75, 3.05) is 13.7 Å². The van der Waals surface area contributed by atoms with Crippen molar-refractivity contribution in [3.05, 3.63) is 53.3 Å². The minimum atomic E-state index is -0.376. The fourth-order valence-corrected chi connectivity index (χ4v) is 1.86. The fraction of sp³-hybridized carbons (Fsp3) is 0.267. The van der Waals surface area contributed by atoms with E-state index < -0.39 is 0 Å². The summed E-state index contributed by atoms with van der Waals surface area (Å²) in [6, 6.07) is 7.22. The molecule has 0 saturated heterocycles. The van der Waals surface area contributed by atoms with E-state index in [1.54, 1.807) is 37.0 Å². The summed E-state index contributed by atoms with van der Waals surface area (Å²) in [7, 11) is 1.59. The van der Waals surface area contributed by atoms with Crippen LogP contribution in [-0.2, 0) is 11.3 Å². The molecule has 0 saturated carbocycles. The molecule has 2 rings (SSSR count). The highest BCUT2D eigenvalue weighted by Crippen LogP contribution is 2.08. The van der Waals surface area contributed by atoms with E-state index >= 15 is 0 Å². The van der Waals surface area contributed by atoms with Crippen LogP contribution in [0.15, 0.2) is 36.7 Å². The average molecular weight is 287 g/mol. The third kappa shape index (κ3) is 3.68. The molecule has 1 amide bonds. The maximum Gasteiger partial charge on any atom is 0.341 e. The summed E-state index contributed by atoms with van der Waals surface area (Å²) in [5.41, 5.74) is 2.02. The first-order chi connectivity index (χ1) is 10.1. The highest BCUT2D eigenvalue weighted by atomic mass is 16.5. The Hall–Kier alpha value is -2.63. The summed E-state index contributed by atoms with van der Waals surface area (Å²) in [5.74, 6) is -0.496. The molecule has 0 atom stereocenters. The Morgan fingerprint density at radius 1 is 1.24 bits per heavy atom. The molecule has 0 aliphatic carbocycles. The molecule has 0 bridgehead atoms. The van der Waals surface area contributed by atoms with Gasteiger partial charge in [-0.15, -0.1) is 0 Å². The summed E-state index contributed by atoms with van der Waals surface area (Å²) < 4.78 is 6.56. The van der Waals surface area contributed by atoms with E-state index in [1.807, 2.05) is 12.1 Å². The van der Waals surface area contributed by atoms with Crippen molar-refractivity contribution in [1.82, 2.24) is 15.1 Å². The maximum atomic E-state index is 11.5. The summed E-state index contributed by atoms with van der Waals surface area (Å²) >= 11 is 0. The number of carbonyl (C=O) groups is 2. The maximum absolute atomic E-state index is 11.5. The van der Waals surface area contributed by atoms with Gasteiger partial charge in [0.15, 0.2) is 0 Å². The van der Waals surface area contributed by atoms with Crippen LogP contribution in [0.25, 0.3) is 0 Å². The minimum absolute atomic E-state index is 0.120. The molecule has 1 heterocycles. The molecule has 1 aromatic carbocycles. The van der Waals surface area contributed by atoms with Crippen LogP contribution in [0, 0.1) is 0 Å². The Labute approximate surface area is 122 Å². The molecule has 2 aromatic rings. The van der Waals surface area contributed by atoms with Gasteiger partial charge in [-0.05, 0) is 24.6 Å². The number of esters is 1. The Balaban J connectivity index is 2.05. The zero-order chi connectivity index (χ0) is 15.2. The van der Waals surface area contributed by atoms with Crippen molar-refractivity contribution < 1.29 is 14.3 Å². The van der Waals surface area contributed by atoms with Gasteiger partial charge in [-0.3, -0.25) is 9.48 Å². The van der Waals surface area contributed by atoms with Crippen molar-refractivity contribution in [3.63, 3.8) is 0 Å². The Bertz CT molecular complexity index is 632. The second-order valence-electron chi connectivity index (χ2n) is 4.42. The smallest absolute Gasteiger partial charge is 0.341 e. The van der Waals surface area contributed by atoms with Crippen molar-refractivity contribution in [2.24, 2.45) is 0 Å². The minimum Gasteiger partial charge on any atom is -0.462 e. The molecule has 0 aliphatic rings.